The number of ketones is 2. The first-order valence-electron chi connectivity index (χ1n) is 17.9. The second kappa shape index (κ2) is 17.8. The van der Waals surface area contributed by atoms with Crippen molar-refractivity contribution >= 4 is 48.9 Å². The smallest absolute Gasteiger partial charge is 0.744 e. The molecule has 282 valence electrons. The first-order valence-corrected chi connectivity index (χ1v) is 20.7. The minimum absolute atomic E-state index is 0. The molecule has 0 amide bonds. The number of rotatable bonds is 17. The van der Waals surface area contributed by atoms with Crippen molar-refractivity contribution in [3.05, 3.63) is 83.1 Å². The van der Waals surface area contributed by atoms with Crippen molar-refractivity contribution in [3.8, 4) is 0 Å². The number of anilines is 1. The van der Waals surface area contributed by atoms with Crippen molar-refractivity contribution in [2.24, 2.45) is 0 Å². The van der Waals surface area contributed by atoms with E-state index < -0.39 is 31.1 Å². The van der Waals surface area contributed by atoms with Crippen molar-refractivity contribution in [2.45, 2.75) is 120 Å². The molecule has 0 fully saturated rings. The van der Waals surface area contributed by atoms with Crippen molar-refractivity contribution in [3.63, 3.8) is 0 Å². The summed E-state index contributed by atoms with van der Waals surface area (Å²) in [6.07, 6.45) is 14.1. The average Bonchev–Trinajstić information content (AvgIpc) is 3.38. The molecule has 53 heavy (non-hydrogen) atoms. The third kappa shape index (κ3) is 10.7. The summed E-state index contributed by atoms with van der Waals surface area (Å²) in [5.41, 5.74) is 4.92. The summed E-state index contributed by atoms with van der Waals surface area (Å²) < 4.78 is 71.8. The maximum atomic E-state index is 12.0. The monoisotopic (exact) mass is 775 g/mol. The first-order chi connectivity index (χ1) is 24.2. The number of carbonyl (C=O) groups excluding carboxylic acids is 2. The Morgan fingerprint density at radius 3 is 1.98 bits per heavy atom. The fourth-order valence-electron chi connectivity index (χ4n) is 7.22. The second-order valence-electron chi connectivity index (χ2n) is 15.0. The van der Waals surface area contributed by atoms with Gasteiger partial charge in [-0.2, -0.15) is 13.0 Å². The van der Waals surface area contributed by atoms with Crippen LogP contribution >= 0.6 is 0 Å². The van der Waals surface area contributed by atoms with Crippen molar-refractivity contribution in [2.75, 3.05) is 18.0 Å². The molecule has 13 heteroatoms. The van der Waals surface area contributed by atoms with Gasteiger partial charge in [0.05, 0.1) is 15.2 Å². The summed E-state index contributed by atoms with van der Waals surface area (Å²) in [5, 5.41) is 0. The Hall–Kier alpha value is -2.71. The molecule has 0 spiro atoms. The maximum absolute atomic E-state index is 12.0. The largest absolute Gasteiger partial charge is 1.00 e. The quantitative estimate of drug-likeness (QED) is 0.0793. The molecule has 0 radical (unpaired) electrons. The van der Waals surface area contributed by atoms with E-state index >= 15 is 0 Å². The van der Waals surface area contributed by atoms with Crippen molar-refractivity contribution < 1.29 is 69.7 Å². The predicted octanol–water partition coefficient (Wildman–Crippen LogP) is 4.70. The molecule has 0 bridgehead atoms. The van der Waals surface area contributed by atoms with Gasteiger partial charge in [0, 0.05) is 60.3 Å². The first kappa shape index (κ1) is 44.7. The molecule has 10 nitrogen and oxygen atoms in total. The minimum Gasteiger partial charge on any atom is -0.744 e. The van der Waals surface area contributed by atoms with Crippen LogP contribution in [-0.4, -0.2) is 60.9 Å². The summed E-state index contributed by atoms with van der Waals surface area (Å²) in [6.45, 7) is 14.6. The van der Waals surface area contributed by atoms with Gasteiger partial charge >= 0.3 is 29.6 Å². The molecule has 2 aromatic carbocycles. The number of nitrogens with zero attached hydrogens (tertiary/aromatic N) is 2. The van der Waals surface area contributed by atoms with Gasteiger partial charge in [-0.1, -0.05) is 38.0 Å². The minimum atomic E-state index is -4.64. The molecule has 0 aliphatic carbocycles. The van der Waals surface area contributed by atoms with E-state index in [9.17, 15) is 35.5 Å². The van der Waals surface area contributed by atoms with Crippen LogP contribution in [0.1, 0.15) is 111 Å². The molecule has 2 aliphatic rings. The van der Waals surface area contributed by atoms with Crippen LogP contribution in [0.15, 0.2) is 81.8 Å². The Labute approximate surface area is 337 Å². The summed E-state index contributed by atoms with van der Waals surface area (Å²) in [7, 11) is -9.04. The number of benzene rings is 2. The molecule has 0 saturated heterocycles. The number of carbonyl (C=O) groups is 2. The second-order valence-corrected chi connectivity index (χ2v) is 17.8. The molecule has 2 aliphatic heterocycles. The number of hydrogen-bond donors (Lipinski definition) is 1. The van der Waals surface area contributed by atoms with Gasteiger partial charge in [0.25, 0.3) is 10.1 Å². The molecule has 2 heterocycles. The van der Waals surface area contributed by atoms with Gasteiger partial charge in [-0.25, -0.2) is 8.42 Å². The van der Waals surface area contributed by atoms with Crippen molar-refractivity contribution in [1.82, 2.24) is 0 Å². The fourth-order valence-corrected chi connectivity index (χ4v) is 8.23. The summed E-state index contributed by atoms with van der Waals surface area (Å²) in [5.74, 6) is 0.322. The topological polar surface area (TPSA) is 152 Å². The number of Topliss-reactive ketones (excluding diaryl/α,β-unsaturated/α-hetero) is 2. The Balaban J connectivity index is 0.00000756. The van der Waals surface area contributed by atoms with Crippen LogP contribution in [0.3, 0.4) is 0 Å². The van der Waals surface area contributed by atoms with Gasteiger partial charge in [0.15, 0.2) is 5.71 Å². The van der Waals surface area contributed by atoms with Crippen LogP contribution in [0.2, 0.25) is 0 Å². The summed E-state index contributed by atoms with van der Waals surface area (Å²) in [4.78, 5) is 24.7. The summed E-state index contributed by atoms with van der Waals surface area (Å²) >= 11 is 0. The average molecular weight is 776 g/mol. The summed E-state index contributed by atoms with van der Waals surface area (Å²) in [6, 6.07) is 9.24. The third-order valence-corrected chi connectivity index (χ3v) is 11.8. The Morgan fingerprint density at radius 2 is 1.40 bits per heavy atom. The van der Waals surface area contributed by atoms with E-state index in [1.807, 2.05) is 58.9 Å². The van der Waals surface area contributed by atoms with E-state index in [0.29, 0.717) is 25.9 Å². The van der Waals surface area contributed by atoms with Gasteiger partial charge in [0.2, 0.25) is 5.69 Å². The Kier molecular flexibility index (Phi) is 15.0. The van der Waals surface area contributed by atoms with Crippen LogP contribution in [0.5, 0.6) is 0 Å². The molecule has 0 saturated carbocycles. The van der Waals surface area contributed by atoms with Crippen LogP contribution in [0.25, 0.3) is 0 Å². The zero-order chi connectivity index (χ0) is 38.6. The van der Waals surface area contributed by atoms with Crippen LogP contribution in [-0.2, 0) is 40.7 Å². The van der Waals surface area contributed by atoms with E-state index in [2.05, 4.69) is 9.48 Å². The van der Waals surface area contributed by atoms with E-state index in [1.165, 1.54) is 18.2 Å². The van der Waals surface area contributed by atoms with Crippen molar-refractivity contribution in [1.29, 1.82) is 0 Å². The van der Waals surface area contributed by atoms with Crippen LogP contribution in [0, 0.1) is 0 Å². The number of unbranched alkanes of at least 4 members (excludes halogenated alkanes) is 4. The number of hydrogen-bond acceptors (Lipinski definition) is 8. The zero-order valence-electron chi connectivity index (χ0n) is 32.4. The van der Waals surface area contributed by atoms with Gasteiger partial charge in [0.1, 0.15) is 28.2 Å². The molecule has 0 atom stereocenters. The zero-order valence-corrected chi connectivity index (χ0v) is 36.0. The maximum Gasteiger partial charge on any atom is 1.00 e. The fraction of sp³-hybridized carbons (Fsp3) is 0.475. The third-order valence-electron chi connectivity index (χ3n) is 10.1. The molecule has 1 N–H and O–H groups in total. The SMILES string of the molecule is CC(=O)CCCCCN1C(=CC=C(C)C=CC2=[N+](CCCCCC(C)=O)c3ccc(S(=O)(=O)[O-])cc3C2(C)C)C(C)(C)c2cc(S(=O)(=O)O)ccc21.[Na+]. The van der Waals surface area contributed by atoms with Crippen LogP contribution < -0.4 is 34.5 Å². The number of fused-ring (bicyclic) bond motifs is 2. The molecule has 0 unspecified atom stereocenters. The van der Waals surface area contributed by atoms with E-state index in [0.717, 1.165) is 78.0 Å². The normalized spacial score (nSPS) is 17.3. The Bertz CT molecular complexity index is 2080. The molecule has 4 rings (SSSR count). The molecule has 2 aromatic rings. The molecule has 0 aromatic heterocycles. The standard InChI is InChI=1S/C40H52N2O8S2.Na/c1-28(16-22-37-39(4,5)33-26-31(51(45,46)47)18-20-35(33)41(37)24-12-8-10-14-29(2)43)17-23-38-40(6,7)34-27-32(52(48,49)50)19-21-36(34)42(38)25-13-9-11-15-30(3)44;/h16-23,26-27H,8-15,24-25H2,1-7H3,(H-,45,46,47,48,49,50);/q;+1. The molecular weight excluding hydrogens is 724 g/mol. The van der Waals surface area contributed by atoms with E-state index in [1.54, 1.807) is 32.0 Å². The van der Waals surface area contributed by atoms with Crippen LogP contribution in [0.4, 0.5) is 11.4 Å². The van der Waals surface area contributed by atoms with Gasteiger partial charge in [-0.15, -0.1) is 0 Å². The van der Waals surface area contributed by atoms with Gasteiger partial charge in [-0.05, 0) is 102 Å². The van der Waals surface area contributed by atoms with Gasteiger partial charge < -0.3 is 19.0 Å². The van der Waals surface area contributed by atoms with E-state index in [4.69, 9.17) is 0 Å². The predicted molar refractivity (Wildman–Crippen MR) is 203 cm³/mol. The number of allylic oxidation sites excluding steroid dienone is 6. The van der Waals surface area contributed by atoms with E-state index in [-0.39, 0.29) is 50.9 Å². The Morgan fingerprint density at radius 1 is 0.811 bits per heavy atom. The molecular formula is C40H52N2NaO8S2+. The van der Waals surface area contributed by atoms with Gasteiger partial charge in [-0.3, -0.25) is 4.55 Å².